The van der Waals surface area contributed by atoms with Gasteiger partial charge in [0.15, 0.2) is 0 Å². The average molecular weight is 132 g/mol. The first-order valence-electron chi connectivity index (χ1n) is 2.85. The lowest BCUT2D eigenvalue weighted by atomic mass is 10.5. The fraction of sp³-hybridized carbons (Fsp3) is 1.00. The Morgan fingerprint density at radius 2 is 1.67 bits per heavy atom. The van der Waals surface area contributed by atoms with Crippen molar-refractivity contribution in [1.29, 1.82) is 0 Å². The molecule has 0 saturated heterocycles. The molecule has 0 amide bonds. The number of methoxy groups -OCH3 is 1. The third-order valence-electron chi connectivity index (χ3n) is 0.966. The summed E-state index contributed by atoms with van der Waals surface area (Å²) in [4.78, 5) is 0. The second kappa shape index (κ2) is 4.83. The number of hydrogen-bond acceptors (Lipinski definition) is 1. The van der Waals surface area contributed by atoms with Gasteiger partial charge in [-0.2, -0.15) is 0 Å². The predicted molar refractivity (Wildman–Crippen MR) is 44.7 cm³/mol. The van der Waals surface area contributed by atoms with Gasteiger partial charge >= 0.3 is 0 Å². The molecular formula is C6H19BNO+. The van der Waals surface area contributed by atoms with Gasteiger partial charge in [-0.1, -0.05) is 0 Å². The molecule has 2 nitrogen and oxygen atoms in total. The zero-order valence-electron chi connectivity index (χ0n) is 6.27. The molecule has 56 valence electrons. The Labute approximate surface area is 60.0 Å². The van der Waals surface area contributed by atoms with Crippen molar-refractivity contribution in [2.75, 3.05) is 41.4 Å². The Kier molecular flexibility index (Phi) is 6.30. The molecule has 0 N–H and O–H groups in total. The van der Waals surface area contributed by atoms with Gasteiger partial charge in [0, 0.05) is 7.11 Å². The molecule has 0 saturated carbocycles. The van der Waals surface area contributed by atoms with E-state index in [9.17, 15) is 0 Å². The second-order valence-electron chi connectivity index (χ2n) is 3.01. The van der Waals surface area contributed by atoms with Crippen LogP contribution in [-0.2, 0) is 4.74 Å². The molecule has 0 aromatic carbocycles. The van der Waals surface area contributed by atoms with Crippen molar-refractivity contribution in [2.24, 2.45) is 0 Å². The summed E-state index contributed by atoms with van der Waals surface area (Å²) in [6.07, 6.45) is 0. The van der Waals surface area contributed by atoms with Crippen molar-refractivity contribution in [3.63, 3.8) is 0 Å². The van der Waals surface area contributed by atoms with Gasteiger partial charge < -0.3 is 9.22 Å². The highest BCUT2D eigenvalue weighted by Gasteiger charge is 2.03. The van der Waals surface area contributed by atoms with E-state index in [0.717, 1.165) is 17.6 Å². The van der Waals surface area contributed by atoms with Crippen molar-refractivity contribution < 1.29 is 9.22 Å². The molecule has 0 spiro atoms. The van der Waals surface area contributed by atoms with Crippen LogP contribution >= 0.6 is 0 Å². The first-order chi connectivity index (χ1) is 3.56. The normalized spacial score (nSPS) is 10.7. The largest absolute Gasteiger partial charge is 0.379 e. The highest BCUT2D eigenvalue weighted by Crippen LogP contribution is 1.87. The third kappa shape index (κ3) is 11.5. The number of rotatable bonds is 3. The van der Waals surface area contributed by atoms with Crippen LogP contribution in [0.5, 0.6) is 0 Å². The molecule has 3 heteroatoms. The van der Waals surface area contributed by atoms with Crippen LogP contribution in [0.4, 0.5) is 0 Å². The van der Waals surface area contributed by atoms with Crippen LogP contribution in [0.25, 0.3) is 0 Å². The first-order valence-corrected chi connectivity index (χ1v) is 2.85. The summed E-state index contributed by atoms with van der Waals surface area (Å²) in [5.41, 5.74) is 0. The predicted octanol–water partition coefficient (Wildman–Crippen LogP) is -0.845. The Morgan fingerprint density at radius 1 is 1.22 bits per heavy atom. The van der Waals surface area contributed by atoms with Gasteiger partial charge in [-0.15, -0.1) is 0 Å². The smallest absolute Gasteiger partial charge is 0.102 e. The van der Waals surface area contributed by atoms with E-state index in [4.69, 9.17) is 4.74 Å². The number of nitrogens with zero attached hydrogens (tertiary/aromatic N) is 1. The highest BCUT2D eigenvalue weighted by atomic mass is 16.5. The van der Waals surface area contributed by atoms with Gasteiger partial charge in [-0.25, -0.2) is 0 Å². The first kappa shape index (κ1) is 11.7. The molecule has 0 bridgehead atoms. The molecule has 0 heterocycles. The van der Waals surface area contributed by atoms with Gasteiger partial charge in [-0.05, 0) is 0 Å². The fourth-order valence-electron chi connectivity index (χ4n) is 0.365. The lowest BCUT2D eigenvalue weighted by Gasteiger charge is -2.22. The van der Waals surface area contributed by atoms with Crippen LogP contribution in [0.3, 0.4) is 0 Å². The summed E-state index contributed by atoms with van der Waals surface area (Å²) in [6.45, 7) is 1.93. The van der Waals surface area contributed by atoms with Gasteiger partial charge in [0.05, 0.1) is 36.2 Å². The van der Waals surface area contributed by atoms with Gasteiger partial charge in [0.2, 0.25) is 0 Å². The van der Waals surface area contributed by atoms with Crippen molar-refractivity contribution in [3.8, 4) is 0 Å². The molecule has 0 aliphatic carbocycles. The van der Waals surface area contributed by atoms with Crippen molar-refractivity contribution in [1.82, 2.24) is 0 Å². The lowest BCUT2D eigenvalue weighted by molar-refractivity contribution is -0.870. The summed E-state index contributed by atoms with van der Waals surface area (Å²) in [6, 6.07) is 0. The monoisotopic (exact) mass is 132 g/mol. The van der Waals surface area contributed by atoms with E-state index in [-0.39, 0.29) is 8.41 Å². The molecule has 0 aromatic heterocycles. The Bertz CT molecular complexity index is 60.6. The molecule has 0 aromatic rings. The van der Waals surface area contributed by atoms with Crippen LogP contribution in [0, 0.1) is 0 Å². The van der Waals surface area contributed by atoms with Gasteiger partial charge in [0.25, 0.3) is 0 Å². The maximum Gasteiger partial charge on any atom is 0.102 e. The van der Waals surface area contributed by atoms with E-state index in [1.807, 2.05) is 0 Å². The standard InChI is InChI=1S/C6H16NO.BH3/c1-7(2,3)5-6-8-4;/h5-6H2,1-4H3;1H3/q+1;. The van der Waals surface area contributed by atoms with E-state index in [1.165, 1.54) is 0 Å². The molecule has 9 heavy (non-hydrogen) atoms. The summed E-state index contributed by atoms with van der Waals surface area (Å²) < 4.78 is 5.88. The highest BCUT2D eigenvalue weighted by molar-refractivity contribution is 5.75. The quantitative estimate of drug-likeness (QED) is 0.359. The Hall–Kier alpha value is -0.0151. The molecule has 0 aliphatic rings. The minimum Gasteiger partial charge on any atom is -0.379 e. The molecule has 0 aliphatic heterocycles. The summed E-state index contributed by atoms with van der Waals surface area (Å²) in [5, 5.41) is 0. The van der Waals surface area contributed by atoms with Gasteiger partial charge in [0.1, 0.15) is 6.54 Å². The molecule has 0 fully saturated rings. The van der Waals surface area contributed by atoms with Crippen molar-refractivity contribution >= 4 is 8.41 Å². The van der Waals surface area contributed by atoms with Crippen LogP contribution in [0.15, 0.2) is 0 Å². The zero-order chi connectivity index (χ0) is 6.62. The maximum absolute atomic E-state index is 4.90. The molecule has 0 rings (SSSR count). The molecule has 0 atom stereocenters. The minimum absolute atomic E-state index is 0. The Balaban J connectivity index is 0. The van der Waals surface area contributed by atoms with Crippen LogP contribution in [-0.4, -0.2) is 54.3 Å². The van der Waals surface area contributed by atoms with E-state index in [1.54, 1.807) is 7.11 Å². The van der Waals surface area contributed by atoms with Gasteiger partial charge in [-0.3, -0.25) is 0 Å². The van der Waals surface area contributed by atoms with Crippen LogP contribution < -0.4 is 0 Å². The number of hydrogen-bond donors (Lipinski definition) is 0. The van der Waals surface area contributed by atoms with E-state index >= 15 is 0 Å². The van der Waals surface area contributed by atoms with Crippen LogP contribution in [0.1, 0.15) is 0 Å². The summed E-state index contributed by atoms with van der Waals surface area (Å²) in [5.74, 6) is 0. The van der Waals surface area contributed by atoms with Crippen molar-refractivity contribution in [3.05, 3.63) is 0 Å². The maximum atomic E-state index is 4.90. The van der Waals surface area contributed by atoms with E-state index < -0.39 is 0 Å². The average Bonchev–Trinajstić information content (AvgIpc) is 1.59. The summed E-state index contributed by atoms with van der Waals surface area (Å²) in [7, 11) is 8.19. The summed E-state index contributed by atoms with van der Waals surface area (Å²) >= 11 is 0. The Morgan fingerprint density at radius 3 is 1.78 bits per heavy atom. The fourth-order valence-corrected chi connectivity index (χ4v) is 0.365. The van der Waals surface area contributed by atoms with E-state index in [2.05, 4.69) is 21.1 Å². The number of likely N-dealkylation sites (N-methyl/N-ethyl adjacent to an activating group) is 1. The second-order valence-corrected chi connectivity index (χ2v) is 3.01. The third-order valence-corrected chi connectivity index (χ3v) is 0.966. The number of ether oxygens (including phenoxy) is 1. The molecule has 0 unspecified atom stereocenters. The number of quaternary nitrogens is 1. The zero-order valence-corrected chi connectivity index (χ0v) is 6.27. The van der Waals surface area contributed by atoms with Crippen molar-refractivity contribution in [2.45, 2.75) is 0 Å². The minimum atomic E-state index is 0. The SMILES string of the molecule is B.COCC[N+](C)(C)C. The lowest BCUT2D eigenvalue weighted by Crippen LogP contribution is -2.37. The van der Waals surface area contributed by atoms with Crippen LogP contribution in [0.2, 0.25) is 0 Å². The topological polar surface area (TPSA) is 9.23 Å². The molecular weight excluding hydrogens is 113 g/mol. The van der Waals surface area contributed by atoms with E-state index in [0.29, 0.717) is 0 Å². The molecule has 0 radical (unpaired) electrons.